The predicted octanol–water partition coefficient (Wildman–Crippen LogP) is 4.81. The van der Waals surface area contributed by atoms with Gasteiger partial charge in [0.15, 0.2) is 8.32 Å². The Hall–Kier alpha value is -0.493. The molecule has 0 heterocycles. The molecule has 5 heteroatoms. The lowest BCUT2D eigenvalue weighted by Crippen LogP contribution is -2.51. The van der Waals surface area contributed by atoms with Crippen LogP contribution in [0.2, 0.25) is 18.1 Å². The van der Waals surface area contributed by atoms with Crippen LogP contribution in [0.25, 0.3) is 0 Å². The van der Waals surface area contributed by atoms with E-state index < -0.39 is 31.9 Å². The van der Waals surface area contributed by atoms with Crippen LogP contribution in [-0.4, -0.2) is 42.6 Å². The van der Waals surface area contributed by atoms with Crippen LogP contribution in [0.1, 0.15) is 61.8 Å². The Bertz CT molecular complexity index is 809. The van der Waals surface area contributed by atoms with Crippen molar-refractivity contribution in [3.8, 4) is 0 Å². The molecule has 10 atom stereocenters. The van der Waals surface area contributed by atoms with Crippen LogP contribution in [0.5, 0.6) is 0 Å². The third-order valence-electron chi connectivity index (χ3n) is 10.5. The standard InChI is InChI=1S/C26H44O4Si/c1-13-12-26-14(2)11-16-18(25(16,7)8)17(23(26)29)22(30-31(9,10)24(4,5)6)15(3)21(28)19(26)20(13)27/h12,14-22,27-28H,11H2,1-10H3/t14-,15-,16-,17-,18+,19+,20+,21-,22-,26-/m1/s1. The van der Waals surface area contributed by atoms with Gasteiger partial charge in [-0.25, -0.2) is 0 Å². The average molecular weight is 449 g/mol. The number of hydrogen-bond acceptors (Lipinski definition) is 4. The van der Waals surface area contributed by atoms with E-state index in [0.717, 1.165) is 12.0 Å². The van der Waals surface area contributed by atoms with Crippen LogP contribution in [0.4, 0.5) is 0 Å². The van der Waals surface area contributed by atoms with Crippen LogP contribution in [-0.2, 0) is 9.22 Å². The van der Waals surface area contributed by atoms with E-state index in [9.17, 15) is 15.0 Å². The Morgan fingerprint density at radius 2 is 1.71 bits per heavy atom. The van der Waals surface area contributed by atoms with Gasteiger partial charge in [-0.3, -0.25) is 4.79 Å². The van der Waals surface area contributed by atoms with Crippen LogP contribution in [0, 0.1) is 46.3 Å². The molecular formula is C26H44O4Si. The molecule has 31 heavy (non-hydrogen) atoms. The number of hydrogen-bond donors (Lipinski definition) is 2. The highest BCUT2D eigenvalue weighted by Gasteiger charge is 2.73. The van der Waals surface area contributed by atoms with Crippen molar-refractivity contribution in [1.82, 2.24) is 0 Å². The molecule has 0 radical (unpaired) electrons. The SMILES string of the molecule is CC1=C[C@]23C(=O)[C@@H]([C@H](O[Si](C)(C)C(C)(C)C)[C@H](C)[C@@H](O)[C@@H]2[C@H]1O)[C@@H]1[C@@H](C[C@H]3C)C1(C)C. The number of carbonyl (C=O) groups excluding carboxylic acids is 1. The molecule has 4 aliphatic carbocycles. The van der Waals surface area contributed by atoms with E-state index in [1.807, 2.05) is 13.0 Å². The molecule has 3 saturated carbocycles. The van der Waals surface area contributed by atoms with Gasteiger partial charge in [0.25, 0.3) is 0 Å². The monoisotopic (exact) mass is 448 g/mol. The van der Waals surface area contributed by atoms with Gasteiger partial charge in [0.05, 0.1) is 23.7 Å². The first-order valence-electron chi connectivity index (χ1n) is 12.3. The minimum atomic E-state index is -2.17. The molecule has 0 unspecified atom stereocenters. The van der Waals surface area contributed by atoms with Crippen molar-refractivity contribution in [2.75, 3.05) is 0 Å². The summed E-state index contributed by atoms with van der Waals surface area (Å²) in [5.74, 6) is 0.221. The highest BCUT2D eigenvalue weighted by molar-refractivity contribution is 6.74. The molecule has 1 spiro atoms. The molecule has 0 amide bonds. The number of allylic oxidation sites excluding steroid dienone is 1. The highest BCUT2D eigenvalue weighted by Crippen LogP contribution is 2.72. The van der Waals surface area contributed by atoms with Crippen LogP contribution in [0.15, 0.2) is 11.6 Å². The zero-order valence-electron chi connectivity index (χ0n) is 21.2. The third kappa shape index (κ3) is 2.98. The largest absolute Gasteiger partial charge is 0.413 e. The van der Waals surface area contributed by atoms with Gasteiger partial charge in [0.1, 0.15) is 5.78 Å². The van der Waals surface area contributed by atoms with Gasteiger partial charge in [-0.15, -0.1) is 0 Å². The number of carbonyl (C=O) groups is 1. The molecule has 0 aromatic rings. The minimum Gasteiger partial charge on any atom is -0.413 e. The predicted molar refractivity (Wildman–Crippen MR) is 126 cm³/mol. The van der Waals surface area contributed by atoms with Crippen LogP contribution >= 0.6 is 0 Å². The van der Waals surface area contributed by atoms with Crippen molar-refractivity contribution in [2.45, 2.75) is 98.3 Å². The quantitative estimate of drug-likeness (QED) is 0.470. The van der Waals surface area contributed by atoms with Gasteiger partial charge in [-0.05, 0) is 60.2 Å². The van der Waals surface area contributed by atoms with Crippen molar-refractivity contribution in [3.05, 3.63) is 11.6 Å². The molecule has 0 aromatic carbocycles. The lowest BCUT2D eigenvalue weighted by Gasteiger charge is -2.43. The summed E-state index contributed by atoms with van der Waals surface area (Å²) in [6.07, 6.45) is 1.18. The van der Waals surface area contributed by atoms with E-state index in [4.69, 9.17) is 4.43 Å². The Kier molecular flexibility index (Phi) is 5.17. The molecular weight excluding hydrogens is 404 g/mol. The zero-order valence-corrected chi connectivity index (χ0v) is 22.2. The maximum atomic E-state index is 14.6. The van der Waals surface area contributed by atoms with Crippen molar-refractivity contribution in [3.63, 3.8) is 0 Å². The molecule has 0 aromatic heterocycles. The van der Waals surface area contributed by atoms with E-state index in [-0.39, 0.29) is 46.0 Å². The normalized spacial score (nSPS) is 49.0. The second kappa shape index (κ2) is 6.77. The van der Waals surface area contributed by atoms with Gasteiger partial charge in [-0.1, -0.05) is 54.5 Å². The topological polar surface area (TPSA) is 66.8 Å². The fourth-order valence-electron chi connectivity index (χ4n) is 7.40. The highest BCUT2D eigenvalue weighted by atomic mass is 28.4. The number of aliphatic hydroxyl groups is 2. The van der Waals surface area contributed by atoms with Gasteiger partial charge in [0, 0.05) is 17.8 Å². The number of aliphatic hydroxyl groups excluding tert-OH is 2. The van der Waals surface area contributed by atoms with Gasteiger partial charge in [-0.2, -0.15) is 0 Å². The molecule has 2 bridgehead atoms. The minimum absolute atomic E-state index is 0.0209. The molecule has 2 N–H and O–H groups in total. The van der Waals surface area contributed by atoms with Crippen molar-refractivity contribution in [2.24, 2.45) is 46.3 Å². The summed E-state index contributed by atoms with van der Waals surface area (Å²) in [6, 6.07) is 0. The lowest BCUT2D eigenvalue weighted by atomic mass is 9.62. The van der Waals surface area contributed by atoms with E-state index in [1.165, 1.54) is 0 Å². The van der Waals surface area contributed by atoms with Crippen LogP contribution < -0.4 is 0 Å². The average Bonchev–Trinajstić information content (AvgIpc) is 3.07. The molecule has 0 aliphatic heterocycles. The summed E-state index contributed by atoms with van der Waals surface area (Å²) >= 11 is 0. The molecule has 176 valence electrons. The smallest absolute Gasteiger partial charge is 0.192 e. The lowest BCUT2D eigenvalue weighted by molar-refractivity contribution is -0.140. The second-order valence-electron chi connectivity index (χ2n) is 13.5. The molecule has 4 aliphatic rings. The zero-order chi connectivity index (χ0) is 23.5. The summed E-state index contributed by atoms with van der Waals surface area (Å²) in [5.41, 5.74) is 0.177. The first kappa shape index (κ1) is 23.7. The Morgan fingerprint density at radius 1 is 1.13 bits per heavy atom. The summed E-state index contributed by atoms with van der Waals surface area (Å²) in [5, 5.41) is 22.9. The van der Waals surface area contributed by atoms with E-state index in [1.54, 1.807) is 0 Å². The fraction of sp³-hybridized carbons (Fsp3) is 0.885. The second-order valence-corrected chi connectivity index (χ2v) is 18.2. The Balaban J connectivity index is 1.90. The Labute approximate surface area is 190 Å². The first-order chi connectivity index (χ1) is 14.0. The molecule has 3 fully saturated rings. The number of Topliss-reactive ketones (excluding diaryl/α,β-unsaturated/α-hetero) is 1. The molecule has 0 saturated heterocycles. The van der Waals surface area contributed by atoms with Crippen molar-refractivity contribution < 1.29 is 19.4 Å². The van der Waals surface area contributed by atoms with Gasteiger partial charge in [0.2, 0.25) is 0 Å². The Morgan fingerprint density at radius 3 is 2.26 bits per heavy atom. The van der Waals surface area contributed by atoms with Gasteiger partial charge < -0.3 is 14.6 Å². The maximum Gasteiger partial charge on any atom is 0.192 e. The first-order valence-corrected chi connectivity index (χ1v) is 15.2. The summed E-state index contributed by atoms with van der Waals surface area (Å²) in [6.45, 7) is 21.9. The number of ketones is 1. The third-order valence-corrected chi connectivity index (χ3v) is 15.0. The summed E-state index contributed by atoms with van der Waals surface area (Å²) < 4.78 is 7.02. The molecule has 4 nitrogen and oxygen atoms in total. The van der Waals surface area contributed by atoms with Crippen molar-refractivity contribution >= 4 is 14.1 Å². The molecule has 4 rings (SSSR count). The van der Waals surface area contributed by atoms with Crippen LogP contribution in [0.3, 0.4) is 0 Å². The number of fused-ring (bicyclic) bond motifs is 3. The number of rotatable bonds is 2. The van der Waals surface area contributed by atoms with Gasteiger partial charge >= 0.3 is 0 Å². The van der Waals surface area contributed by atoms with E-state index >= 15 is 0 Å². The fourth-order valence-corrected chi connectivity index (χ4v) is 8.79. The summed E-state index contributed by atoms with van der Waals surface area (Å²) in [7, 11) is -2.17. The van der Waals surface area contributed by atoms with Crippen molar-refractivity contribution in [1.29, 1.82) is 0 Å². The van der Waals surface area contributed by atoms with E-state index in [0.29, 0.717) is 5.92 Å². The maximum absolute atomic E-state index is 14.6. The van der Waals surface area contributed by atoms with E-state index in [2.05, 4.69) is 61.6 Å². The summed E-state index contributed by atoms with van der Waals surface area (Å²) in [4.78, 5) is 14.6.